The van der Waals surface area contributed by atoms with Gasteiger partial charge in [0.25, 0.3) is 0 Å². The van der Waals surface area contributed by atoms with E-state index in [2.05, 4.69) is 67.6 Å². The quantitative estimate of drug-likeness (QED) is 0.580. The summed E-state index contributed by atoms with van der Waals surface area (Å²) in [5.74, 6) is 0.0862. The number of carbonyl (C=O) groups excluding carboxylic acids is 1. The molecule has 1 rings (SSSR count). The van der Waals surface area contributed by atoms with E-state index in [1.165, 1.54) is 0 Å². The van der Waals surface area contributed by atoms with Gasteiger partial charge in [0.2, 0.25) is 14.2 Å². The van der Waals surface area contributed by atoms with Crippen LogP contribution < -0.4 is 5.32 Å². The summed E-state index contributed by atoms with van der Waals surface area (Å²) in [4.78, 5) is 12.1. The van der Waals surface area contributed by atoms with Gasteiger partial charge in [-0.3, -0.25) is 4.79 Å². The van der Waals surface area contributed by atoms with Crippen LogP contribution in [0.15, 0.2) is 0 Å². The predicted octanol–water partition coefficient (Wildman–Crippen LogP) is 4.48. The van der Waals surface area contributed by atoms with Gasteiger partial charge in [0.05, 0.1) is 6.04 Å². The van der Waals surface area contributed by atoms with Crippen molar-refractivity contribution in [3.63, 3.8) is 0 Å². The lowest BCUT2D eigenvalue weighted by Crippen LogP contribution is -2.68. The monoisotopic (exact) mass is 313 g/mol. The second-order valence-electron chi connectivity index (χ2n) is 8.74. The van der Waals surface area contributed by atoms with E-state index in [0.29, 0.717) is 16.6 Å². The average molecular weight is 314 g/mol. The number of rotatable bonds is 6. The number of hydrogen-bond acceptors (Lipinski definition) is 2. The van der Waals surface area contributed by atoms with Crippen LogP contribution in [0.2, 0.25) is 16.6 Å². The summed E-state index contributed by atoms with van der Waals surface area (Å²) in [7, 11) is -1.98. The summed E-state index contributed by atoms with van der Waals surface area (Å²) in [6.45, 7) is 20.2. The summed E-state index contributed by atoms with van der Waals surface area (Å²) in [6.07, 6.45) is 0.741. The van der Waals surface area contributed by atoms with Crippen LogP contribution in [0.1, 0.15) is 68.7 Å². The maximum atomic E-state index is 12.1. The Morgan fingerprint density at radius 1 is 1.05 bits per heavy atom. The highest BCUT2D eigenvalue weighted by molar-refractivity contribution is 6.77. The van der Waals surface area contributed by atoms with E-state index >= 15 is 0 Å². The SMILES string of the molecule is CC(C)[Si](O[C@H]1C(=O)N[C@H]1CC(C)(C)C)(C(C)C)C(C)C. The molecule has 2 atom stereocenters. The highest BCUT2D eigenvalue weighted by atomic mass is 28.4. The molecule has 0 aromatic heterocycles. The van der Waals surface area contributed by atoms with Crippen LogP contribution in [0.5, 0.6) is 0 Å². The van der Waals surface area contributed by atoms with Crippen molar-refractivity contribution >= 4 is 14.2 Å². The summed E-state index contributed by atoms with van der Waals surface area (Å²) >= 11 is 0. The van der Waals surface area contributed by atoms with Crippen LogP contribution in [-0.4, -0.2) is 26.4 Å². The Balaban J connectivity index is 2.95. The van der Waals surface area contributed by atoms with Gasteiger partial charge in [-0.25, -0.2) is 0 Å². The predicted molar refractivity (Wildman–Crippen MR) is 91.9 cm³/mol. The van der Waals surface area contributed by atoms with E-state index in [0.717, 1.165) is 6.42 Å². The van der Waals surface area contributed by atoms with Gasteiger partial charge in [-0.1, -0.05) is 62.3 Å². The lowest BCUT2D eigenvalue weighted by Gasteiger charge is -2.49. The Labute approximate surface area is 132 Å². The molecule has 0 spiro atoms. The Bertz CT molecular complexity index is 350. The molecule has 1 N–H and O–H groups in total. The zero-order valence-corrected chi connectivity index (χ0v) is 16.4. The molecule has 1 aliphatic rings. The van der Waals surface area contributed by atoms with Crippen molar-refractivity contribution in [2.45, 2.75) is 97.5 Å². The topological polar surface area (TPSA) is 38.3 Å². The molecular weight excluding hydrogens is 278 g/mol. The van der Waals surface area contributed by atoms with Gasteiger partial charge < -0.3 is 9.74 Å². The van der Waals surface area contributed by atoms with Gasteiger partial charge in [0, 0.05) is 0 Å². The second-order valence-corrected chi connectivity index (χ2v) is 14.1. The molecular formula is C17H35NO2Si. The molecule has 0 aromatic carbocycles. The molecule has 0 unspecified atom stereocenters. The van der Waals surface area contributed by atoms with Crippen molar-refractivity contribution in [3.8, 4) is 0 Å². The smallest absolute Gasteiger partial charge is 0.250 e. The molecule has 3 nitrogen and oxygen atoms in total. The van der Waals surface area contributed by atoms with Crippen molar-refractivity contribution in [2.75, 3.05) is 0 Å². The normalized spacial score (nSPS) is 23.7. The van der Waals surface area contributed by atoms with Gasteiger partial charge >= 0.3 is 0 Å². The number of β-lactam (4-membered cyclic amide) rings is 1. The molecule has 0 bridgehead atoms. The summed E-state index contributed by atoms with van der Waals surface area (Å²) < 4.78 is 6.66. The Morgan fingerprint density at radius 3 is 1.76 bits per heavy atom. The van der Waals surface area contributed by atoms with Gasteiger partial charge in [-0.15, -0.1) is 0 Å². The van der Waals surface area contributed by atoms with Crippen LogP contribution in [0.3, 0.4) is 0 Å². The molecule has 0 aliphatic carbocycles. The number of amides is 1. The third-order valence-electron chi connectivity index (χ3n) is 4.82. The van der Waals surface area contributed by atoms with Crippen molar-refractivity contribution in [1.82, 2.24) is 5.32 Å². The standard InChI is InChI=1S/C17H35NO2Si/c1-11(2)21(12(3)4,13(5)6)20-15-14(18-16(15)19)10-17(7,8)9/h11-15H,10H2,1-9H3,(H,18,19)/t14-,15+/m0/s1. The molecule has 0 radical (unpaired) electrons. The van der Waals surface area contributed by atoms with Crippen LogP contribution in [0.25, 0.3) is 0 Å². The highest BCUT2D eigenvalue weighted by Gasteiger charge is 2.52. The minimum atomic E-state index is -1.98. The summed E-state index contributed by atoms with van der Waals surface area (Å²) in [5, 5.41) is 3.05. The van der Waals surface area contributed by atoms with Crippen LogP contribution >= 0.6 is 0 Å². The van der Waals surface area contributed by atoms with E-state index in [4.69, 9.17) is 4.43 Å². The zero-order chi connectivity index (χ0) is 16.6. The first kappa shape index (κ1) is 18.7. The molecule has 21 heavy (non-hydrogen) atoms. The van der Waals surface area contributed by atoms with Crippen LogP contribution in [-0.2, 0) is 9.22 Å². The van der Waals surface area contributed by atoms with Gasteiger partial charge in [-0.05, 0) is 28.5 Å². The Morgan fingerprint density at radius 2 is 1.48 bits per heavy atom. The molecule has 1 fully saturated rings. The van der Waals surface area contributed by atoms with E-state index in [1.54, 1.807) is 0 Å². The fourth-order valence-electron chi connectivity index (χ4n) is 4.01. The maximum absolute atomic E-state index is 12.1. The van der Waals surface area contributed by atoms with Crippen molar-refractivity contribution in [1.29, 1.82) is 0 Å². The summed E-state index contributed by atoms with van der Waals surface area (Å²) in [6, 6.07) is 0.181. The lowest BCUT2D eigenvalue weighted by atomic mass is 9.83. The third kappa shape index (κ3) is 3.89. The maximum Gasteiger partial charge on any atom is 0.250 e. The van der Waals surface area contributed by atoms with E-state index in [9.17, 15) is 4.79 Å². The van der Waals surface area contributed by atoms with Crippen molar-refractivity contribution in [2.24, 2.45) is 5.41 Å². The van der Waals surface area contributed by atoms with Gasteiger partial charge in [0.15, 0.2) is 0 Å². The molecule has 1 aliphatic heterocycles. The molecule has 124 valence electrons. The third-order valence-corrected chi connectivity index (χ3v) is 10.9. The number of carbonyl (C=O) groups is 1. The summed E-state index contributed by atoms with van der Waals surface area (Å²) in [5.41, 5.74) is 1.75. The van der Waals surface area contributed by atoms with Crippen molar-refractivity contribution in [3.05, 3.63) is 0 Å². The largest absolute Gasteiger partial charge is 0.402 e. The number of nitrogens with one attached hydrogen (secondary N) is 1. The molecule has 1 amide bonds. The van der Waals surface area contributed by atoms with Gasteiger partial charge in [0.1, 0.15) is 6.10 Å². The van der Waals surface area contributed by atoms with E-state index < -0.39 is 8.32 Å². The fraction of sp³-hybridized carbons (Fsp3) is 0.941. The Hall–Kier alpha value is -0.353. The van der Waals surface area contributed by atoms with Gasteiger partial charge in [-0.2, -0.15) is 0 Å². The molecule has 1 saturated heterocycles. The minimum Gasteiger partial charge on any atom is -0.402 e. The molecule has 0 saturated carbocycles. The van der Waals surface area contributed by atoms with Crippen molar-refractivity contribution < 1.29 is 9.22 Å². The lowest BCUT2D eigenvalue weighted by molar-refractivity contribution is -0.142. The zero-order valence-electron chi connectivity index (χ0n) is 15.4. The molecule has 0 aromatic rings. The fourth-order valence-corrected chi connectivity index (χ4v) is 9.54. The van der Waals surface area contributed by atoms with E-state index in [-0.39, 0.29) is 23.5 Å². The molecule has 1 heterocycles. The molecule has 4 heteroatoms. The first-order chi connectivity index (χ1) is 9.41. The Kier molecular flexibility index (Phi) is 5.71. The minimum absolute atomic E-state index is 0.0862. The average Bonchev–Trinajstić information content (AvgIpc) is 2.25. The van der Waals surface area contributed by atoms with Crippen LogP contribution in [0, 0.1) is 5.41 Å². The first-order valence-corrected chi connectivity index (χ1v) is 10.5. The highest BCUT2D eigenvalue weighted by Crippen LogP contribution is 2.44. The second kappa shape index (κ2) is 6.41. The number of hydrogen-bond donors (Lipinski definition) is 1. The van der Waals surface area contributed by atoms with E-state index in [1.807, 2.05) is 0 Å². The van der Waals surface area contributed by atoms with Crippen LogP contribution in [0.4, 0.5) is 0 Å². The first-order valence-electron chi connectivity index (χ1n) is 8.40.